The van der Waals surface area contributed by atoms with Gasteiger partial charge in [0.15, 0.2) is 0 Å². The summed E-state index contributed by atoms with van der Waals surface area (Å²) < 4.78 is 0. The number of para-hydroxylation sites is 1. The number of anilines is 3. The molecule has 8 aromatic carbocycles. The topological polar surface area (TPSA) is 3.24 Å². The summed E-state index contributed by atoms with van der Waals surface area (Å²) in [6.45, 7) is 32.8. The molecule has 9 rings (SSSR count). The zero-order valence-corrected chi connectivity index (χ0v) is 42.0. The van der Waals surface area contributed by atoms with Crippen LogP contribution >= 0.6 is 0 Å². The number of hydrogen-bond acceptors (Lipinski definition) is 1. The Morgan fingerprint density at radius 3 is 1.42 bits per heavy atom. The molecule has 0 saturated carbocycles. The van der Waals surface area contributed by atoms with Gasteiger partial charge in [0.2, 0.25) is 0 Å². The van der Waals surface area contributed by atoms with Crippen LogP contribution in [0.25, 0.3) is 55.3 Å². The van der Waals surface area contributed by atoms with E-state index in [2.05, 4.69) is 266 Å². The van der Waals surface area contributed by atoms with E-state index in [1.165, 1.54) is 88.7 Å². The van der Waals surface area contributed by atoms with Crippen LogP contribution in [0.4, 0.5) is 17.1 Å². The van der Waals surface area contributed by atoms with E-state index in [-0.39, 0.29) is 27.1 Å². The highest BCUT2D eigenvalue weighted by molar-refractivity contribution is 6.09. The second kappa shape index (κ2) is 16.0. The number of hydrogen-bond donors (Lipinski definition) is 0. The maximum absolute atomic E-state index is 2.55. The van der Waals surface area contributed by atoms with Gasteiger partial charge in [0.05, 0.1) is 5.69 Å². The molecule has 0 aliphatic heterocycles. The lowest BCUT2D eigenvalue weighted by molar-refractivity contribution is 0.568. The number of benzene rings is 8. The van der Waals surface area contributed by atoms with Gasteiger partial charge in [-0.25, -0.2) is 0 Å². The molecule has 0 aromatic heterocycles. The monoisotopic (exact) mass is 864 g/mol. The van der Waals surface area contributed by atoms with E-state index in [1.54, 1.807) is 0 Å². The van der Waals surface area contributed by atoms with Gasteiger partial charge >= 0.3 is 0 Å². The minimum atomic E-state index is -0.139. The van der Waals surface area contributed by atoms with Gasteiger partial charge in [0.25, 0.3) is 0 Å². The molecule has 0 N–H and O–H groups in total. The van der Waals surface area contributed by atoms with Crippen molar-refractivity contribution >= 4 is 27.8 Å². The maximum atomic E-state index is 2.55. The number of fused-ring (bicyclic) bond motifs is 4. The molecule has 66 heavy (non-hydrogen) atoms. The van der Waals surface area contributed by atoms with Crippen LogP contribution in [0.2, 0.25) is 0 Å². The van der Waals surface area contributed by atoms with Crippen molar-refractivity contribution in [1.82, 2.24) is 0 Å². The molecule has 1 aliphatic rings. The Balaban J connectivity index is 1.32. The van der Waals surface area contributed by atoms with Crippen molar-refractivity contribution in [2.45, 2.75) is 124 Å². The molecule has 1 nitrogen and oxygen atoms in total. The Morgan fingerprint density at radius 1 is 0.348 bits per heavy atom. The first-order valence-electron chi connectivity index (χ1n) is 24.1. The van der Waals surface area contributed by atoms with Gasteiger partial charge in [-0.1, -0.05) is 230 Å². The fraction of sp³-hybridized carbons (Fsp3) is 0.292. The van der Waals surface area contributed by atoms with Crippen LogP contribution in [-0.4, -0.2) is 0 Å². The fourth-order valence-corrected chi connectivity index (χ4v) is 10.3. The fourth-order valence-electron chi connectivity index (χ4n) is 10.3. The molecule has 334 valence electrons. The smallest absolute Gasteiger partial charge is 0.0540 e. The van der Waals surface area contributed by atoms with Crippen molar-refractivity contribution in [3.05, 3.63) is 197 Å². The standard InChI is InChI=1S/C65H69N/c1-61(2,3)45-35-44(36-46(38-45)62(4,5)6)51-29-20-23-42-24-21-31-55(59(42)51)54-28-16-18-34-58(54)66(50-40-47(63(7,8)9)39-48(41-50)64(10,11)12)49-26-19-25-43(37-49)52-30-22-32-56-53-27-15-17-33-57(53)65(13,14)60(52)56/h15-41H,1-14H3. The Hall–Kier alpha value is -6.18. The quantitative estimate of drug-likeness (QED) is 0.161. The maximum Gasteiger partial charge on any atom is 0.0540 e. The van der Waals surface area contributed by atoms with E-state index < -0.39 is 0 Å². The van der Waals surface area contributed by atoms with Crippen LogP contribution in [0.5, 0.6) is 0 Å². The van der Waals surface area contributed by atoms with Gasteiger partial charge in [0.1, 0.15) is 0 Å². The summed E-state index contributed by atoms with van der Waals surface area (Å²) in [5.74, 6) is 0. The highest BCUT2D eigenvalue weighted by Crippen LogP contribution is 2.53. The Morgan fingerprint density at radius 2 is 0.818 bits per heavy atom. The molecule has 1 aliphatic carbocycles. The minimum absolute atomic E-state index is 0.00186. The van der Waals surface area contributed by atoms with Crippen LogP contribution in [0, 0.1) is 0 Å². The summed E-state index contributed by atoms with van der Waals surface area (Å²) in [6, 6.07) is 62.6. The second-order valence-electron chi connectivity index (χ2n) is 23.6. The number of nitrogens with zero attached hydrogens (tertiary/aromatic N) is 1. The first-order valence-corrected chi connectivity index (χ1v) is 24.1. The summed E-state index contributed by atoms with van der Waals surface area (Å²) in [4.78, 5) is 2.55. The molecule has 8 aromatic rings. The summed E-state index contributed by atoms with van der Waals surface area (Å²) in [6.07, 6.45) is 0. The normalized spacial score (nSPS) is 13.7. The second-order valence-corrected chi connectivity index (χ2v) is 23.6. The van der Waals surface area contributed by atoms with Crippen molar-refractivity contribution in [1.29, 1.82) is 0 Å². The minimum Gasteiger partial charge on any atom is -0.310 e. The molecule has 0 amide bonds. The summed E-state index contributed by atoms with van der Waals surface area (Å²) in [5, 5.41) is 2.51. The molecule has 0 saturated heterocycles. The zero-order chi connectivity index (χ0) is 47.1. The third kappa shape index (κ3) is 8.10. The first-order chi connectivity index (χ1) is 31.0. The van der Waals surface area contributed by atoms with Crippen molar-refractivity contribution in [3.8, 4) is 44.5 Å². The van der Waals surface area contributed by atoms with Gasteiger partial charge in [-0.05, 0) is 135 Å². The molecule has 0 radical (unpaired) electrons. The molecule has 0 fully saturated rings. The summed E-state index contributed by atoms with van der Waals surface area (Å²) in [5.41, 5.74) is 21.4. The van der Waals surface area contributed by atoms with Crippen LogP contribution in [0.3, 0.4) is 0 Å². The Labute approximate surface area is 396 Å². The van der Waals surface area contributed by atoms with Gasteiger partial charge in [-0.3, -0.25) is 0 Å². The van der Waals surface area contributed by atoms with Gasteiger partial charge in [0, 0.05) is 22.4 Å². The molecule has 0 bridgehead atoms. The van der Waals surface area contributed by atoms with Crippen molar-refractivity contribution < 1.29 is 0 Å². The van der Waals surface area contributed by atoms with Crippen LogP contribution < -0.4 is 4.90 Å². The third-order valence-corrected chi connectivity index (χ3v) is 14.2. The zero-order valence-electron chi connectivity index (χ0n) is 42.0. The van der Waals surface area contributed by atoms with Crippen molar-refractivity contribution in [3.63, 3.8) is 0 Å². The number of rotatable bonds is 6. The molecule has 0 spiro atoms. The van der Waals surface area contributed by atoms with E-state index in [0.29, 0.717) is 0 Å². The largest absolute Gasteiger partial charge is 0.310 e. The average molecular weight is 864 g/mol. The highest BCUT2D eigenvalue weighted by Gasteiger charge is 2.37. The Kier molecular flexibility index (Phi) is 10.9. The van der Waals surface area contributed by atoms with E-state index >= 15 is 0 Å². The van der Waals surface area contributed by atoms with Crippen LogP contribution in [0.15, 0.2) is 164 Å². The SMILES string of the molecule is CC(C)(C)c1cc(-c2cccc3cccc(-c4ccccc4N(c4cccc(-c5cccc6c5C(C)(C)c5ccccc5-6)c4)c4cc(C(C)(C)C)cc(C(C)(C)C)c4)c23)cc(C(C)(C)C)c1. The van der Waals surface area contributed by atoms with Gasteiger partial charge in [-0.2, -0.15) is 0 Å². The summed E-state index contributed by atoms with van der Waals surface area (Å²) in [7, 11) is 0. The summed E-state index contributed by atoms with van der Waals surface area (Å²) >= 11 is 0. The Bertz CT molecular complexity index is 3070. The van der Waals surface area contributed by atoms with Crippen LogP contribution in [-0.2, 0) is 27.1 Å². The third-order valence-electron chi connectivity index (χ3n) is 14.2. The van der Waals surface area contributed by atoms with Crippen molar-refractivity contribution in [2.75, 3.05) is 4.90 Å². The van der Waals surface area contributed by atoms with Gasteiger partial charge in [-0.15, -0.1) is 0 Å². The molecular formula is C65H69N. The van der Waals surface area contributed by atoms with E-state index in [9.17, 15) is 0 Å². The van der Waals surface area contributed by atoms with Gasteiger partial charge < -0.3 is 4.90 Å². The molecular weight excluding hydrogens is 795 g/mol. The lowest BCUT2D eigenvalue weighted by atomic mass is 9.78. The molecule has 0 atom stereocenters. The molecule has 0 heterocycles. The van der Waals surface area contributed by atoms with Crippen LogP contribution in [0.1, 0.15) is 130 Å². The lowest BCUT2D eigenvalue weighted by Crippen LogP contribution is -2.19. The van der Waals surface area contributed by atoms with E-state index in [1.807, 2.05) is 0 Å². The predicted octanol–water partition coefficient (Wildman–Crippen LogP) is 18.8. The highest BCUT2D eigenvalue weighted by atomic mass is 15.1. The average Bonchev–Trinajstić information content (AvgIpc) is 3.51. The lowest BCUT2D eigenvalue weighted by Gasteiger charge is -2.33. The van der Waals surface area contributed by atoms with E-state index in [4.69, 9.17) is 0 Å². The molecule has 0 unspecified atom stereocenters. The predicted molar refractivity (Wildman–Crippen MR) is 287 cm³/mol. The first kappa shape index (κ1) is 45.0. The van der Waals surface area contributed by atoms with E-state index in [0.717, 1.165) is 17.1 Å². The van der Waals surface area contributed by atoms with Crippen molar-refractivity contribution in [2.24, 2.45) is 0 Å². The molecule has 1 heteroatoms.